The second kappa shape index (κ2) is 6.75. The first-order chi connectivity index (χ1) is 12.0. The highest BCUT2D eigenvalue weighted by molar-refractivity contribution is 7.91. The number of rotatable bonds is 4. The van der Waals surface area contributed by atoms with Crippen LogP contribution >= 0.6 is 0 Å². The topological polar surface area (TPSA) is 67.2 Å². The quantitative estimate of drug-likeness (QED) is 0.708. The molecule has 123 valence electrons. The van der Waals surface area contributed by atoms with Gasteiger partial charge in [-0.05, 0) is 54.6 Å². The molecule has 3 aromatic rings. The Morgan fingerprint density at radius 1 is 1.00 bits per heavy atom. The summed E-state index contributed by atoms with van der Waals surface area (Å²) < 4.78 is 44.7. The Morgan fingerprint density at radius 3 is 2.44 bits per heavy atom. The van der Waals surface area contributed by atoms with Crippen molar-refractivity contribution in [3.63, 3.8) is 0 Å². The van der Waals surface area contributed by atoms with Gasteiger partial charge in [-0.1, -0.05) is 18.2 Å². The van der Waals surface area contributed by atoms with Crippen molar-refractivity contribution in [2.24, 2.45) is 0 Å². The normalized spacial score (nSPS) is 10.9. The van der Waals surface area contributed by atoms with Crippen LogP contribution in [0.25, 0.3) is 0 Å². The van der Waals surface area contributed by atoms with Crippen LogP contribution in [0.4, 0.5) is 4.39 Å². The Kier molecular flexibility index (Phi) is 4.50. The van der Waals surface area contributed by atoms with Crippen LogP contribution in [-0.2, 0) is 9.84 Å². The fourth-order valence-corrected chi connectivity index (χ4v) is 3.46. The van der Waals surface area contributed by atoms with Crippen molar-refractivity contribution in [1.29, 1.82) is 5.26 Å². The second-order valence-corrected chi connectivity index (χ2v) is 7.03. The Hall–Kier alpha value is -3.17. The van der Waals surface area contributed by atoms with E-state index in [9.17, 15) is 12.8 Å². The van der Waals surface area contributed by atoms with Crippen LogP contribution in [0.2, 0.25) is 0 Å². The fourth-order valence-electron chi connectivity index (χ4n) is 2.17. The third-order valence-corrected chi connectivity index (χ3v) is 5.15. The molecular weight excluding hydrogens is 341 g/mol. The van der Waals surface area contributed by atoms with Gasteiger partial charge in [0.15, 0.2) is 11.6 Å². The lowest BCUT2D eigenvalue weighted by Gasteiger charge is -2.09. The summed E-state index contributed by atoms with van der Waals surface area (Å²) in [7, 11) is -3.81. The van der Waals surface area contributed by atoms with E-state index in [-0.39, 0.29) is 21.3 Å². The minimum atomic E-state index is -3.81. The van der Waals surface area contributed by atoms with Gasteiger partial charge in [-0.2, -0.15) is 5.26 Å². The van der Waals surface area contributed by atoms with E-state index in [0.717, 1.165) is 6.07 Å². The molecule has 25 heavy (non-hydrogen) atoms. The summed E-state index contributed by atoms with van der Waals surface area (Å²) in [5, 5.41) is 8.85. The summed E-state index contributed by atoms with van der Waals surface area (Å²) in [5.41, 5.74) is 0.321. The Labute approximate surface area is 144 Å². The number of nitriles is 1. The molecule has 0 heterocycles. The van der Waals surface area contributed by atoms with Gasteiger partial charge in [0, 0.05) is 0 Å². The molecular formula is C19H11FNO3S. The first-order valence-corrected chi connectivity index (χ1v) is 8.68. The molecule has 0 aromatic heterocycles. The van der Waals surface area contributed by atoms with Crippen LogP contribution < -0.4 is 4.74 Å². The molecule has 0 bridgehead atoms. The minimum Gasteiger partial charge on any atom is -0.454 e. The number of hydrogen-bond donors (Lipinski definition) is 0. The van der Waals surface area contributed by atoms with Gasteiger partial charge >= 0.3 is 0 Å². The summed E-state index contributed by atoms with van der Waals surface area (Å²) in [6.45, 7) is 0. The molecule has 0 aliphatic carbocycles. The maximum absolute atomic E-state index is 14.3. The third kappa shape index (κ3) is 3.52. The predicted molar refractivity (Wildman–Crippen MR) is 88.4 cm³/mol. The molecule has 0 fully saturated rings. The smallest absolute Gasteiger partial charge is 0.206 e. The molecule has 0 saturated heterocycles. The summed E-state index contributed by atoms with van der Waals surface area (Å²) in [6.07, 6.45) is 0. The molecule has 0 atom stereocenters. The van der Waals surface area contributed by atoms with Crippen LogP contribution in [0, 0.1) is 23.2 Å². The molecule has 1 radical (unpaired) electrons. The lowest BCUT2D eigenvalue weighted by Crippen LogP contribution is -2.02. The van der Waals surface area contributed by atoms with E-state index in [1.54, 1.807) is 18.2 Å². The maximum atomic E-state index is 14.3. The van der Waals surface area contributed by atoms with Gasteiger partial charge in [0.25, 0.3) is 0 Å². The maximum Gasteiger partial charge on any atom is 0.206 e. The molecule has 0 spiro atoms. The molecule has 0 unspecified atom stereocenters. The molecule has 4 nitrogen and oxygen atoms in total. The Morgan fingerprint density at radius 2 is 1.76 bits per heavy atom. The van der Waals surface area contributed by atoms with Gasteiger partial charge in [0.05, 0.1) is 21.4 Å². The molecule has 3 aromatic carbocycles. The Balaban J connectivity index is 1.92. The monoisotopic (exact) mass is 352 g/mol. The van der Waals surface area contributed by atoms with E-state index in [0.29, 0.717) is 5.56 Å². The van der Waals surface area contributed by atoms with Crippen LogP contribution in [-0.4, -0.2) is 8.42 Å². The minimum absolute atomic E-state index is 0.0828. The zero-order valence-corrected chi connectivity index (χ0v) is 13.6. The zero-order chi connectivity index (χ0) is 17.9. The van der Waals surface area contributed by atoms with Gasteiger partial charge in [-0.3, -0.25) is 0 Å². The third-order valence-electron chi connectivity index (χ3n) is 3.39. The van der Waals surface area contributed by atoms with Crippen molar-refractivity contribution < 1.29 is 17.5 Å². The van der Waals surface area contributed by atoms with E-state index < -0.39 is 15.7 Å². The largest absolute Gasteiger partial charge is 0.454 e. The van der Waals surface area contributed by atoms with E-state index in [2.05, 4.69) is 6.07 Å². The number of halogens is 1. The van der Waals surface area contributed by atoms with Gasteiger partial charge < -0.3 is 4.74 Å². The number of sulfone groups is 1. The van der Waals surface area contributed by atoms with Crippen molar-refractivity contribution in [2.75, 3.05) is 0 Å². The fraction of sp³-hybridized carbons (Fsp3) is 0. The highest BCUT2D eigenvalue weighted by Crippen LogP contribution is 2.29. The molecule has 0 N–H and O–H groups in total. The molecule has 0 aliphatic rings. The molecule has 3 rings (SSSR count). The highest BCUT2D eigenvalue weighted by Gasteiger charge is 2.19. The van der Waals surface area contributed by atoms with Crippen LogP contribution in [0.15, 0.2) is 76.5 Å². The van der Waals surface area contributed by atoms with Crippen LogP contribution in [0.3, 0.4) is 0 Å². The van der Waals surface area contributed by atoms with Gasteiger partial charge in [-0.25, -0.2) is 12.8 Å². The SMILES string of the molecule is N#Cc1c[c]cc(Oc2ccc(S(=O)(=O)c3ccccc3)cc2F)c1. The number of hydrogen-bond acceptors (Lipinski definition) is 4. The number of benzene rings is 3. The average molecular weight is 352 g/mol. The van der Waals surface area contributed by atoms with Gasteiger partial charge in [0.1, 0.15) is 5.75 Å². The summed E-state index contributed by atoms with van der Waals surface area (Å²) in [4.78, 5) is -0.0831. The first-order valence-electron chi connectivity index (χ1n) is 7.19. The van der Waals surface area contributed by atoms with Crippen molar-refractivity contribution in [1.82, 2.24) is 0 Å². The summed E-state index contributed by atoms with van der Waals surface area (Å²) >= 11 is 0. The van der Waals surface area contributed by atoms with Gasteiger partial charge in [-0.15, -0.1) is 0 Å². The number of ether oxygens (including phenoxy) is 1. The molecule has 0 aliphatic heterocycles. The summed E-state index contributed by atoms with van der Waals surface area (Å²) in [6, 6.07) is 20.2. The van der Waals surface area contributed by atoms with Crippen LogP contribution in [0.5, 0.6) is 11.5 Å². The Bertz CT molecular complexity index is 1060. The molecule has 0 saturated carbocycles. The molecule has 0 amide bonds. The lowest BCUT2D eigenvalue weighted by molar-refractivity contribution is 0.440. The van der Waals surface area contributed by atoms with Crippen molar-refractivity contribution in [2.45, 2.75) is 9.79 Å². The van der Waals surface area contributed by atoms with E-state index in [1.807, 2.05) is 6.07 Å². The zero-order valence-electron chi connectivity index (χ0n) is 12.8. The van der Waals surface area contributed by atoms with E-state index in [1.165, 1.54) is 42.5 Å². The highest BCUT2D eigenvalue weighted by atomic mass is 32.2. The van der Waals surface area contributed by atoms with Crippen molar-refractivity contribution in [3.05, 3.63) is 84.2 Å². The van der Waals surface area contributed by atoms with E-state index >= 15 is 0 Å². The molecule has 6 heteroatoms. The van der Waals surface area contributed by atoms with Gasteiger partial charge in [0.2, 0.25) is 9.84 Å². The average Bonchev–Trinajstić information content (AvgIpc) is 2.64. The lowest BCUT2D eigenvalue weighted by atomic mass is 10.2. The first kappa shape index (κ1) is 16.7. The second-order valence-electron chi connectivity index (χ2n) is 5.08. The number of nitrogens with zero attached hydrogens (tertiary/aromatic N) is 1. The standard InChI is InChI=1S/C19H11FNO3S/c20-18-12-17(25(22,23)16-7-2-1-3-8-16)9-10-19(18)24-15-6-4-5-14(11-15)13-21/h1-3,5-12H. The summed E-state index contributed by atoms with van der Waals surface area (Å²) in [5.74, 6) is -0.730. The van der Waals surface area contributed by atoms with E-state index in [4.69, 9.17) is 10.00 Å². The van der Waals surface area contributed by atoms with Crippen molar-refractivity contribution in [3.8, 4) is 17.6 Å². The van der Waals surface area contributed by atoms with Crippen LogP contribution in [0.1, 0.15) is 5.56 Å². The van der Waals surface area contributed by atoms with Crippen molar-refractivity contribution >= 4 is 9.84 Å². The predicted octanol–water partition coefficient (Wildman–Crippen LogP) is 4.12.